The number of aryl methyl sites for hydroxylation is 2. The normalized spacial score (nSPS) is 10.6. The van der Waals surface area contributed by atoms with Gasteiger partial charge in [-0.05, 0) is 31.2 Å². The molecule has 3 rings (SSSR count). The average Bonchev–Trinajstić information content (AvgIpc) is 2.76. The minimum atomic E-state index is 0.525. The Morgan fingerprint density at radius 1 is 1.33 bits per heavy atom. The summed E-state index contributed by atoms with van der Waals surface area (Å²) < 4.78 is 1.65. The Morgan fingerprint density at radius 3 is 2.90 bits per heavy atom. The number of nitrogens with zero attached hydrogens (tertiary/aromatic N) is 4. The number of hydrogen-bond acceptors (Lipinski definition) is 4. The molecule has 0 saturated heterocycles. The summed E-state index contributed by atoms with van der Waals surface area (Å²) in [6.07, 6.45) is 1.71. The second-order valence-electron chi connectivity index (χ2n) is 4.66. The van der Waals surface area contributed by atoms with Crippen molar-refractivity contribution in [3.63, 3.8) is 0 Å². The van der Waals surface area contributed by atoms with E-state index in [1.54, 1.807) is 17.9 Å². The van der Waals surface area contributed by atoms with Gasteiger partial charge in [-0.1, -0.05) is 11.6 Å². The van der Waals surface area contributed by atoms with Crippen molar-refractivity contribution < 1.29 is 0 Å². The maximum absolute atomic E-state index is 9.27. The van der Waals surface area contributed by atoms with Gasteiger partial charge in [-0.15, -0.1) is 0 Å². The van der Waals surface area contributed by atoms with E-state index < -0.39 is 0 Å². The van der Waals surface area contributed by atoms with Crippen molar-refractivity contribution in [3.8, 4) is 6.07 Å². The molecule has 0 atom stereocenters. The molecule has 0 radical (unpaired) electrons. The predicted molar refractivity (Wildman–Crippen MR) is 82.7 cm³/mol. The van der Waals surface area contributed by atoms with Crippen LogP contribution >= 0.6 is 11.6 Å². The smallest absolute Gasteiger partial charge is 0.146 e. The van der Waals surface area contributed by atoms with E-state index in [9.17, 15) is 5.26 Å². The summed E-state index contributed by atoms with van der Waals surface area (Å²) in [5.41, 5.74) is 2.76. The summed E-state index contributed by atoms with van der Waals surface area (Å²) in [4.78, 5) is 4.37. The highest BCUT2D eigenvalue weighted by molar-refractivity contribution is 6.35. The third kappa shape index (κ3) is 2.20. The van der Waals surface area contributed by atoms with Crippen molar-refractivity contribution in [2.24, 2.45) is 7.05 Å². The van der Waals surface area contributed by atoms with Crippen LogP contribution in [0.4, 0.5) is 11.5 Å². The number of hydrogen-bond donors (Lipinski definition) is 1. The molecule has 0 unspecified atom stereocenters. The van der Waals surface area contributed by atoms with Gasteiger partial charge >= 0.3 is 0 Å². The van der Waals surface area contributed by atoms with Gasteiger partial charge < -0.3 is 5.32 Å². The number of nitrogens with one attached hydrogen (secondary N) is 1. The predicted octanol–water partition coefficient (Wildman–Crippen LogP) is 3.55. The molecule has 0 fully saturated rings. The zero-order valence-corrected chi connectivity index (χ0v) is 12.3. The monoisotopic (exact) mass is 297 g/mol. The molecule has 1 N–H and O–H groups in total. The summed E-state index contributed by atoms with van der Waals surface area (Å²) in [6, 6.07) is 9.58. The molecule has 5 nitrogen and oxygen atoms in total. The largest absolute Gasteiger partial charge is 0.338 e. The van der Waals surface area contributed by atoms with Crippen LogP contribution < -0.4 is 5.32 Å². The first-order chi connectivity index (χ1) is 10.1. The van der Waals surface area contributed by atoms with Crippen molar-refractivity contribution in [3.05, 3.63) is 46.7 Å². The molecule has 0 aliphatic heterocycles. The Bertz CT molecular complexity index is 876. The van der Waals surface area contributed by atoms with Crippen molar-refractivity contribution in [2.45, 2.75) is 6.92 Å². The average molecular weight is 298 g/mol. The van der Waals surface area contributed by atoms with Crippen LogP contribution in [0.25, 0.3) is 10.9 Å². The molecule has 0 saturated carbocycles. The van der Waals surface area contributed by atoms with Crippen LogP contribution in [0.1, 0.15) is 11.3 Å². The van der Waals surface area contributed by atoms with E-state index in [1.165, 1.54) is 0 Å². The second-order valence-corrected chi connectivity index (χ2v) is 5.07. The highest BCUT2D eigenvalue weighted by Gasteiger charge is 2.14. The third-order valence-corrected chi connectivity index (χ3v) is 3.63. The van der Waals surface area contributed by atoms with Crippen LogP contribution in [0.2, 0.25) is 5.02 Å². The first-order valence-corrected chi connectivity index (χ1v) is 6.73. The zero-order chi connectivity index (χ0) is 15.0. The van der Waals surface area contributed by atoms with Crippen molar-refractivity contribution in [1.29, 1.82) is 5.26 Å². The maximum atomic E-state index is 9.27. The summed E-state index contributed by atoms with van der Waals surface area (Å²) in [5.74, 6) is 0.643. The topological polar surface area (TPSA) is 66.5 Å². The lowest BCUT2D eigenvalue weighted by Crippen LogP contribution is -2.01. The minimum absolute atomic E-state index is 0.525. The van der Waals surface area contributed by atoms with Crippen LogP contribution in [0.5, 0.6) is 0 Å². The number of benzene rings is 1. The molecule has 2 heterocycles. The molecular formula is C15H12ClN5. The van der Waals surface area contributed by atoms with E-state index in [1.807, 2.05) is 31.2 Å². The number of rotatable bonds is 2. The molecule has 3 aromatic rings. The van der Waals surface area contributed by atoms with Gasteiger partial charge in [-0.2, -0.15) is 10.4 Å². The fourth-order valence-corrected chi connectivity index (χ4v) is 2.52. The summed E-state index contributed by atoms with van der Waals surface area (Å²) in [5, 5.41) is 18.3. The van der Waals surface area contributed by atoms with E-state index in [0.29, 0.717) is 22.1 Å². The molecular weight excluding hydrogens is 286 g/mol. The molecule has 6 heteroatoms. The van der Waals surface area contributed by atoms with Crippen LogP contribution in [0.15, 0.2) is 30.5 Å². The summed E-state index contributed by atoms with van der Waals surface area (Å²) in [6.45, 7) is 1.81. The third-order valence-electron chi connectivity index (χ3n) is 3.30. The number of anilines is 2. The second kappa shape index (κ2) is 5.08. The van der Waals surface area contributed by atoms with E-state index >= 15 is 0 Å². The summed E-state index contributed by atoms with van der Waals surface area (Å²) in [7, 11) is 1.79. The number of aromatic nitrogens is 3. The van der Waals surface area contributed by atoms with Gasteiger partial charge in [0.2, 0.25) is 0 Å². The van der Waals surface area contributed by atoms with Crippen LogP contribution in [-0.4, -0.2) is 14.8 Å². The number of fused-ring (bicyclic) bond motifs is 1. The van der Waals surface area contributed by atoms with Gasteiger partial charge in [0, 0.05) is 18.6 Å². The molecule has 2 aromatic heterocycles. The quantitative estimate of drug-likeness (QED) is 0.785. The molecule has 0 spiro atoms. The van der Waals surface area contributed by atoms with Crippen molar-refractivity contribution in [1.82, 2.24) is 14.8 Å². The molecule has 1 aromatic carbocycles. The summed E-state index contributed by atoms with van der Waals surface area (Å²) >= 11 is 6.19. The maximum Gasteiger partial charge on any atom is 0.146 e. The Morgan fingerprint density at radius 2 is 2.14 bits per heavy atom. The highest BCUT2D eigenvalue weighted by atomic mass is 35.5. The first kappa shape index (κ1) is 13.4. The van der Waals surface area contributed by atoms with Gasteiger partial charge in [0.25, 0.3) is 0 Å². The number of pyridine rings is 1. The Kier molecular flexibility index (Phi) is 3.24. The van der Waals surface area contributed by atoms with Gasteiger partial charge in [0.15, 0.2) is 0 Å². The molecule has 104 valence electrons. The minimum Gasteiger partial charge on any atom is -0.338 e. The highest BCUT2D eigenvalue weighted by Crippen LogP contribution is 2.31. The van der Waals surface area contributed by atoms with Gasteiger partial charge in [-0.25, -0.2) is 0 Å². The molecule has 0 bridgehead atoms. The van der Waals surface area contributed by atoms with Gasteiger partial charge in [0.05, 0.1) is 21.9 Å². The van der Waals surface area contributed by atoms with Gasteiger partial charge in [0.1, 0.15) is 17.5 Å². The van der Waals surface area contributed by atoms with Crippen molar-refractivity contribution in [2.75, 3.05) is 5.32 Å². The van der Waals surface area contributed by atoms with Crippen LogP contribution in [0.3, 0.4) is 0 Å². The standard InChI is InChI=1S/C15H12ClN5/c1-9-11(8-17)15(21(2)20-9)19-13-6-5-12(16)10-4-3-7-18-14(10)13/h3-7,19H,1-2H3. The lowest BCUT2D eigenvalue weighted by Gasteiger charge is -2.10. The van der Waals surface area contributed by atoms with E-state index in [4.69, 9.17) is 11.6 Å². The molecule has 0 aliphatic carbocycles. The van der Waals surface area contributed by atoms with Crippen LogP contribution in [-0.2, 0) is 7.05 Å². The van der Waals surface area contributed by atoms with Crippen molar-refractivity contribution >= 4 is 34.0 Å². The number of nitriles is 1. The molecule has 21 heavy (non-hydrogen) atoms. The Balaban J connectivity index is 2.16. The fraction of sp³-hybridized carbons (Fsp3) is 0.133. The van der Waals surface area contributed by atoms with E-state index in [-0.39, 0.29) is 0 Å². The van der Waals surface area contributed by atoms with E-state index in [2.05, 4.69) is 21.5 Å². The fourth-order valence-electron chi connectivity index (χ4n) is 2.30. The van der Waals surface area contributed by atoms with Gasteiger partial charge in [-0.3, -0.25) is 9.67 Å². The Labute approximate surface area is 126 Å². The SMILES string of the molecule is Cc1nn(C)c(Nc2ccc(Cl)c3cccnc23)c1C#N. The molecule has 0 amide bonds. The van der Waals surface area contributed by atoms with E-state index in [0.717, 1.165) is 16.6 Å². The van der Waals surface area contributed by atoms with Crippen LogP contribution in [0, 0.1) is 18.3 Å². The number of halogens is 1. The zero-order valence-electron chi connectivity index (χ0n) is 11.6. The lowest BCUT2D eigenvalue weighted by molar-refractivity contribution is 0.765. The lowest BCUT2D eigenvalue weighted by atomic mass is 10.2. The first-order valence-electron chi connectivity index (χ1n) is 6.35. The Hall–Kier alpha value is -2.58. The molecule has 0 aliphatic rings.